The summed E-state index contributed by atoms with van der Waals surface area (Å²) in [6, 6.07) is 7.52. The van der Waals surface area contributed by atoms with Gasteiger partial charge in [0, 0.05) is 11.1 Å². The van der Waals surface area contributed by atoms with Crippen molar-refractivity contribution in [1.82, 2.24) is 10.6 Å². The molecule has 20 heavy (non-hydrogen) atoms. The van der Waals surface area contributed by atoms with Crippen LogP contribution in [-0.4, -0.2) is 18.1 Å². The van der Waals surface area contributed by atoms with Crippen LogP contribution in [0.4, 0.5) is 4.79 Å². The quantitative estimate of drug-likeness (QED) is 0.723. The average molecular weight is 273 g/mol. The van der Waals surface area contributed by atoms with Crippen LogP contribution in [0, 0.1) is 11.8 Å². The summed E-state index contributed by atoms with van der Waals surface area (Å²) in [5.41, 5.74) is 7.02. The van der Waals surface area contributed by atoms with E-state index >= 15 is 0 Å². The Labute approximate surface area is 121 Å². The van der Waals surface area contributed by atoms with Gasteiger partial charge in [0.2, 0.25) is 0 Å². The molecule has 0 aromatic heterocycles. The molecule has 1 unspecified atom stereocenters. The molecule has 0 aliphatic carbocycles. The number of amides is 2. The van der Waals surface area contributed by atoms with Gasteiger partial charge in [0.25, 0.3) is 0 Å². The minimum Gasteiger partial charge on any atom is -0.334 e. The number of nitrogens with one attached hydrogen (secondary N) is 2. The number of benzene rings is 1. The minimum atomic E-state index is -0.252. The van der Waals surface area contributed by atoms with Crippen molar-refractivity contribution in [2.45, 2.75) is 39.3 Å². The molecule has 2 amide bonds. The fourth-order valence-electron chi connectivity index (χ4n) is 1.70. The van der Waals surface area contributed by atoms with Crippen molar-refractivity contribution in [3.63, 3.8) is 0 Å². The van der Waals surface area contributed by atoms with Gasteiger partial charge in [-0.3, -0.25) is 0 Å². The molecular weight excluding hydrogens is 250 g/mol. The lowest BCUT2D eigenvalue weighted by atomic mass is 10.1. The number of nitrogens with two attached hydrogens (primary N) is 1. The molecule has 4 nitrogen and oxygen atoms in total. The Balaban J connectivity index is 2.72. The predicted octanol–water partition coefficient (Wildman–Crippen LogP) is 2.16. The molecule has 4 N–H and O–H groups in total. The molecule has 4 heteroatoms. The fourth-order valence-corrected chi connectivity index (χ4v) is 1.70. The number of rotatable bonds is 2. The van der Waals surface area contributed by atoms with Crippen molar-refractivity contribution < 1.29 is 4.79 Å². The van der Waals surface area contributed by atoms with Crippen LogP contribution in [0.15, 0.2) is 24.3 Å². The van der Waals surface area contributed by atoms with E-state index in [9.17, 15) is 4.79 Å². The largest absolute Gasteiger partial charge is 0.334 e. The third-order valence-electron chi connectivity index (χ3n) is 2.56. The van der Waals surface area contributed by atoms with Gasteiger partial charge in [-0.2, -0.15) is 0 Å². The predicted molar refractivity (Wildman–Crippen MR) is 82.2 cm³/mol. The number of hydrogen-bond acceptors (Lipinski definition) is 2. The minimum absolute atomic E-state index is 0.0861. The summed E-state index contributed by atoms with van der Waals surface area (Å²) in [5, 5.41) is 5.79. The van der Waals surface area contributed by atoms with Gasteiger partial charge in [-0.05, 0) is 45.4 Å². The first-order chi connectivity index (χ1) is 9.31. The Morgan fingerprint density at radius 1 is 1.40 bits per heavy atom. The molecule has 0 spiro atoms. The lowest BCUT2D eigenvalue weighted by Crippen LogP contribution is -2.47. The van der Waals surface area contributed by atoms with E-state index in [1.54, 1.807) is 0 Å². The van der Waals surface area contributed by atoms with Crippen LogP contribution >= 0.6 is 0 Å². The van der Waals surface area contributed by atoms with Crippen molar-refractivity contribution >= 4 is 6.03 Å². The highest BCUT2D eigenvalue weighted by Crippen LogP contribution is 2.14. The van der Waals surface area contributed by atoms with Crippen molar-refractivity contribution in [3.8, 4) is 11.8 Å². The van der Waals surface area contributed by atoms with E-state index in [2.05, 4.69) is 22.5 Å². The standard InChI is InChI=1S/C16H23N3O/c1-12(18-15(20)19-16(2,3)4)14-9-5-7-13(11-14)8-6-10-17/h5,7,9,11-12H,10,17H2,1-4H3,(H2,18,19,20). The highest BCUT2D eigenvalue weighted by molar-refractivity contribution is 5.75. The van der Waals surface area contributed by atoms with Gasteiger partial charge >= 0.3 is 6.03 Å². The summed E-state index contributed by atoms with van der Waals surface area (Å²) in [7, 11) is 0. The molecule has 0 radical (unpaired) electrons. The van der Waals surface area contributed by atoms with E-state index in [1.807, 2.05) is 52.0 Å². The molecule has 1 rings (SSSR count). The summed E-state index contributed by atoms with van der Waals surface area (Å²) in [6.07, 6.45) is 0. The summed E-state index contributed by atoms with van der Waals surface area (Å²) in [5.74, 6) is 5.81. The lowest BCUT2D eigenvalue weighted by molar-refractivity contribution is 0.229. The molecule has 1 atom stereocenters. The Morgan fingerprint density at radius 3 is 2.70 bits per heavy atom. The maximum Gasteiger partial charge on any atom is 0.315 e. The second kappa shape index (κ2) is 6.97. The van der Waals surface area contributed by atoms with E-state index in [0.717, 1.165) is 11.1 Å². The van der Waals surface area contributed by atoms with Crippen LogP contribution in [0.3, 0.4) is 0 Å². The lowest BCUT2D eigenvalue weighted by Gasteiger charge is -2.23. The Morgan fingerprint density at radius 2 is 2.10 bits per heavy atom. The summed E-state index contributed by atoms with van der Waals surface area (Å²) in [6.45, 7) is 8.12. The molecule has 0 aliphatic heterocycles. The molecule has 108 valence electrons. The normalized spacial score (nSPS) is 12.1. The van der Waals surface area contributed by atoms with E-state index < -0.39 is 0 Å². The number of urea groups is 1. The Hall–Kier alpha value is -1.99. The molecule has 1 aromatic rings. The van der Waals surface area contributed by atoms with E-state index in [0.29, 0.717) is 6.54 Å². The second-order valence-corrected chi connectivity index (χ2v) is 5.70. The molecule has 1 aromatic carbocycles. The highest BCUT2D eigenvalue weighted by Gasteiger charge is 2.15. The van der Waals surface area contributed by atoms with Crippen LogP contribution in [0.25, 0.3) is 0 Å². The summed E-state index contributed by atoms with van der Waals surface area (Å²) >= 11 is 0. The highest BCUT2D eigenvalue weighted by atomic mass is 16.2. The Kier molecular flexibility index (Phi) is 5.60. The topological polar surface area (TPSA) is 67.2 Å². The maximum atomic E-state index is 11.8. The van der Waals surface area contributed by atoms with Crippen LogP contribution in [-0.2, 0) is 0 Å². The Bertz CT molecular complexity index is 521. The maximum absolute atomic E-state index is 11.8. The van der Waals surface area contributed by atoms with Gasteiger partial charge < -0.3 is 16.4 Å². The zero-order valence-electron chi connectivity index (χ0n) is 12.6. The SMILES string of the molecule is CC(NC(=O)NC(C)(C)C)c1cccc(C#CCN)c1. The van der Waals surface area contributed by atoms with E-state index in [-0.39, 0.29) is 17.6 Å². The van der Waals surface area contributed by atoms with Crippen molar-refractivity contribution in [2.75, 3.05) is 6.54 Å². The first-order valence-electron chi connectivity index (χ1n) is 6.69. The third kappa shape index (κ3) is 5.77. The molecule has 0 bridgehead atoms. The van der Waals surface area contributed by atoms with Gasteiger partial charge in [-0.1, -0.05) is 24.0 Å². The van der Waals surface area contributed by atoms with Crippen molar-refractivity contribution in [2.24, 2.45) is 5.73 Å². The molecule has 0 heterocycles. The van der Waals surface area contributed by atoms with Crippen molar-refractivity contribution in [3.05, 3.63) is 35.4 Å². The van der Waals surface area contributed by atoms with E-state index in [1.165, 1.54) is 0 Å². The zero-order chi connectivity index (χ0) is 15.2. The van der Waals surface area contributed by atoms with Crippen molar-refractivity contribution in [1.29, 1.82) is 0 Å². The first-order valence-corrected chi connectivity index (χ1v) is 6.69. The summed E-state index contributed by atoms with van der Waals surface area (Å²) < 4.78 is 0. The second-order valence-electron chi connectivity index (χ2n) is 5.70. The van der Waals surface area contributed by atoms with E-state index in [4.69, 9.17) is 5.73 Å². The van der Waals surface area contributed by atoms with Gasteiger partial charge in [0.15, 0.2) is 0 Å². The zero-order valence-corrected chi connectivity index (χ0v) is 12.6. The fraction of sp³-hybridized carbons (Fsp3) is 0.438. The van der Waals surface area contributed by atoms with Crippen LogP contribution in [0.5, 0.6) is 0 Å². The van der Waals surface area contributed by atoms with Crippen LogP contribution < -0.4 is 16.4 Å². The van der Waals surface area contributed by atoms with Crippen LogP contribution in [0.1, 0.15) is 44.9 Å². The number of carbonyl (C=O) groups excluding carboxylic acids is 1. The van der Waals surface area contributed by atoms with Gasteiger partial charge in [0.1, 0.15) is 0 Å². The van der Waals surface area contributed by atoms with Crippen LogP contribution in [0.2, 0.25) is 0 Å². The first kappa shape index (κ1) is 16.1. The monoisotopic (exact) mass is 273 g/mol. The smallest absolute Gasteiger partial charge is 0.315 e. The average Bonchev–Trinajstić information content (AvgIpc) is 2.34. The summed E-state index contributed by atoms with van der Waals surface area (Å²) in [4.78, 5) is 11.8. The molecular formula is C16H23N3O. The molecule has 0 saturated carbocycles. The molecule has 0 fully saturated rings. The third-order valence-corrected chi connectivity index (χ3v) is 2.56. The van der Waals surface area contributed by atoms with Gasteiger partial charge in [-0.15, -0.1) is 0 Å². The number of hydrogen-bond donors (Lipinski definition) is 3. The molecule has 0 aliphatic rings. The number of carbonyl (C=O) groups is 1. The van der Waals surface area contributed by atoms with Gasteiger partial charge in [0.05, 0.1) is 12.6 Å². The molecule has 0 saturated heterocycles. The van der Waals surface area contributed by atoms with Gasteiger partial charge in [-0.25, -0.2) is 4.79 Å².